The Kier molecular flexibility index (Phi) is 7.00. The predicted molar refractivity (Wildman–Crippen MR) is 139 cm³/mol. The molecule has 2 unspecified atom stereocenters. The number of nitrogens with zero attached hydrogens (tertiary/aromatic N) is 5. The van der Waals surface area contributed by atoms with Crippen molar-refractivity contribution in [3.63, 3.8) is 0 Å². The molecule has 5 nitrogen and oxygen atoms in total. The summed E-state index contributed by atoms with van der Waals surface area (Å²) in [7, 11) is 1.44. The summed E-state index contributed by atoms with van der Waals surface area (Å²) in [5.41, 5.74) is 1.21. The molecule has 0 amide bonds. The van der Waals surface area contributed by atoms with Gasteiger partial charge in [0.25, 0.3) is 5.82 Å². The Morgan fingerprint density at radius 3 is 2.30 bits per heavy atom. The van der Waals surface area contributed by atoms with Gasteiger partial charge < -0.3 is 0 Å². The van der Waals surface area contributed by atoms with E-state index in [0.717, 1.165) is 10.7 Å². The topological polar surface area (TPSA) is 38.5 Å². The molecule has 1 aromatic carbocycles. The van der Waals surface area contributed by atoms with E-state index in [9.17, 15) is 17.6 Å². The minimum atomic E-state index is -4.64. The van der Waals surface area contributed by atoms with Crippen molar-refractivity contribution in [2.45, 2.75) is 70.1 Å². The van der Waals surface area contributed by atoms with E-state index in [2.05, 4.69) is 28.5 Å². The van der Waals surface area contributed by atoms with Crippen LogP contribution in [0.15, 0.2) is 60.9 Å². The zero-order chi connectivity index (χ0) is 28.9. The molecule has 0 radical (unpaired) electrons. The SMILES string of the molecule is CCC1(C)c2cc(F)cc(F)c2-c2cccc[n+]2C1(CC)CCC[n+]1ccccc1-c1nc(C(F)(F)F)nn1C. The van der Waals surface area contributed by atoms with Crippen molar-refractivity contribution < 1.29 is 31.1 Å². The van der Waals surface area contributed by atoms with Gasteiger partial charge in [-0.3, -0.25) is 0 Å². The van der Waals surface area contributed by atoms with Crippen LogP contribution in [0.5, 0.6) is 0 Å². The van der Waals surface area contributed by atoms with Gasteiger partial charge in [-0.2, -0.15) is 27.3 Å². The van der Waals surface area contributed by atoms with Crippen molar-refractivity contribution in [2.24, 2.45) is 7.05 Å². The summed E-state index contributed by atoms with van der Waals surface area (Å²) in [6.07, 6.45) is 1.83. The van der Waals surface area contributed by atoms with E-state index < -0.39 is 34.6 Å². The van der Waals surface area contributed by atoms with E-state index in [1.807, 2.05) is 48.1 Å². The van der Waals surface area contributed by atoms with Gasteiger partial charge in [-0.1, -0.05) is 13.8 Å². The molecule has 3 aromatic heterocycles. The molecule has 0 aliphatic carbocycles. The molecule has 0 saturated heterocycles. The minimum absolute atomic E-state index is 0.119. The van der Waals surface area contributed by atoms with Crippen molar-refractivity contribution in [2.75, 3.05) is 0 Å². The lowest BCUT2D eigenvalue weighted by molar-refractivity contribution is -0.772. The molecule has 40 heavy (non-hydrogen) atoms. The van der Waals surface area contributed by atoms with Gasteiger partial charge in [0, 0.05) is 56.6 Å². The predicted octanol–water partition coefficient (Wildman–Crippen LogP) is 6.29. The molecule has 1 aliphatic rings. The molecule has 0 spiro atoms. The van der Waals surface area contributed by atoms with Crippen molar-refractivity contribution in [3.8, 4) is 22.8 Å². The Labute approximate surface area is 229 Å². The third kappa shape index (κ3) is 4.28. The zero-order valence-electron chi connectivity index (χ0n) is 22.9. The summed E-state index contributed by atoms with van der Waals surface area (Å²) in [5.74, 6) is -2.24. The summed E-state index contributed by atoms with van der Waals surface area (Å²) in [6, 6.07) is 13.4. The molecule has 2 atom stereocenters. The van der Waals surface area contributed by atoms with Crippen LogP contribution in [0, 0.1) is 11.6 Å². The van der Waals surface area contributed by atoms with E-state index in [1.54, 1.807) is 12.1 Å². The maximum Gasteiger partial charge on any atom is 0.453 e. The van der Waals surface area contributed by atoms with Crippen molar-refractivity contribution in [1.29, 1.82) is 0 Å². The number of halogens is 5. The number of pyridine rings is 2. The monoisotopic (exact) mass is 557 g/mol. The molecule has 10 heteroatoms. The largest absolute Gasteiger partial charge is 0.453 e. The first-order valence-corrected chi connectivity index (χ1v) is 13.4. The van der Waals surface area contributed by atoms with Crippen LogP contribution in [0.1, 0.15) is 57.8 Å². The Hall–Kier alpha value is -3.69. The number of fused-ring (bicyclic) bond motifs is 3. The van der Waals surface area contributed by atoms with E-state index >= 15 is 4.39 Å². The number of hydrogen-bond donors (Lipinski definition) is 0. The van der Waals surface area contributed by atoms with Crippen LogP contribution in [0.4, 0.5) is 22.0 Å². The highest BCUT2D eigenvalue weighted by atomic mass is 19.4. The Balaban J connectivity index is 1.54. The van der Waals surface area contributed by atoms with Crippen molar-refractivity contribution >= 4 is 0 Å². The molecule has 0 fully saturated rings. The van der Waals surface area contributed by atoms with Gasteiger partial charge in [0.15, 0.2) is 17.9 Å². The Bertz CT molecular complexity index is 1560. The maximum atomic E-state index is 15.3. The van der Waals surface area contributed by atoms with E-state index in [-0.39, 0.29) is 5.82 Å². The fraction of sp³-hybridized carbons (Fsp3) is 0.400. The highest BCUT2D eigenvalue weighted by molar-refractivity contribution is 5.66. The smallest absolute Gasteiger partial charge is 0.243 e. The summed E-state index contributed by atoms with van der Waals surface area (Å²) < 4.78 is 74.9. The van der Waals surface area contributed by atoms with Gasteiger partial charge in [0.2, 0.25) is 17.2 Å². The molecule has 4 heterocycles. The van der Waals surface area contributed by atoms with Gasteiger partial charge in [0.05, 0.1) is 11.0 Å². The third-order valence-corrected chi connectivity index (χ3v) is 8.72. The zero-order valence-corrected chi connectivity index (χ0v) is 22.9. The van der Waals surface area contributed by atoms with Crippen LogP contribution >= 0.6 is 0 Å². The molecule has 210 valence electrons. The minimum Gasteiger partial charge on any atom is -0.243 e. The number of rotatable bonds is 7. The van der Waals surface area contributed by atoms with Crippen LogP contribution in [0.3, 0.4) is 0 Å². The van der Waals surface area contributed by atoms with E-state index in [4.69, 9.17) is 0 Å². The van der Waals surface area contributed by atoms with Gasteiger partial charge >= 0.3 is 6.18 Å². The van der Waals surface area contributed by atoms with Crippen LogP contribution in [-0.4, -0.2) is 14.8 Å². The molecule has 5 rings (SSSR count). The number of alkyl halides is 3. The second kappa shape index (κ2) is 10.1. The average Bonchev–Trinajstić information content (AvgIpc) is 3.32. The first kappa shape index (κ1) is 27.9. The second-order valence-corrected chi connectivity index (χ2v) is 10.6. The number of aryl methyl sites for hydroxylation is 2. The molecule has 0 saturated carbocycles. The fourth-order valence-electron chi connectivity index (χ4n) is 6.60. The Morgan fingerprint density at radius 1 is 0.950 bits per heavy atom. The fourth-order valence-corrected chi connectivity index (χ4v) is 6.60. The lowest BCUT2D eigenvalue weighted by atomic mass is 9.58. The molecule has 4 aromatic rings. The van der Waals surface area contributed by atoms with Crippen LogP contribution in [0.2, 0.25) is 0 Å². The number of hydrogen-bond acceptors (Lipinski definition) is 2. The van der Waals surface area contributed by atoms with Crippen LogP contribution in [-0.2, 0) is 30.7 Å². The van der Waals surface area contributed by atoms with Crippen molar-refractivity contribution in [1.82, 2.24) is 14.8 Å². The number of aromatic nitrogens is 5. The Morgan fingerprint density at radius 2 is 1.65 bits per heavy atom. The van der Waals surface area contributed by atoms with Crippen LogP contribution in [0.25, 0.3) is 22.8 Å². The summed E-state index contributed by atoms with van der Waals surface area (Å²) in [4.78, 5) is 3.78. The highest BCUT2D eigenvalue weighted by Gasteiger charge is 2.59. The summed E-state index contributed by atoms with van der Waals surface area (Å²) in [6.45, 7) is 6.72. The standard InChI is InChI=1S/C30H32F5N5/c1-5-28(3)21-18-20(31)19-22(32)25(21)23-12-8-10-17-40(23)29(28,6-2)14-11-16-39-15-9-7-13-24(39)26-36-27(30(33,34)35)37-38(26)4/h7-10,12-13,15,17-19H,5-6,11,14,16H2,1-4H3/q+2. The van der Waals surface area contributed by atoms with Gasteiger partial charge in [0.1, 0.15) is 18.2 Å². The van der Waals surface area contributed by atoms with Gasteiger partial charge in [-0.25, -0.2) is 13.5 Å². The second-order valence-electron chi connectivity index (χ2n) is 10.6. The summed E-state index contributed by atoms with van der Waals surface area (Å²) >= 11 is 0. The normalized spacial score (nSPS) is 20.3. The quantitative estimate of drug-likeness (QED) is 0.198. The van der Waals surface area contributed by atoms with E-state index in [0.29, 0.717) is 54.7 Å². The maximum absolute atomic E-state index is 15.3. The molecule has 0 N–H and O–H groups in total. The highest BCUT2D eigenvalue weighted by Crippen LogP contribution is 2.52. The van der Waals surface area contributed by atoms with Gasteiger partial charge in [-0.15, -0.1) is 5.10 Å². The third-order valence-electron chi connectivity index (χ3n) is 8.72. The van der Waals surface area contributed by atoms with Gasteiger partial charge in [-0.05, 0) is 37.1 Å². The number of benzene rings is 1. The lowest BCUT2D eigenvalue weighted by Gasteiger charge is -2.48. The first-order chi connectivity index (χ1) is 19.0. The molecular weight excluding hydrogens is 525 g/mol. The molecule has 0 bridgehead atoms. The van der Waals surface area contributed by atoms with Crippen molar-refractivity contribution in [3.05, 3.63) is 83.9 Å². The average molecular weight is 558 g/mol. The van der Waals surface area contributed by atoms with Crippen LogP contribution < -0.4 is 9.13 Å². The molecule has 1 aliphatic heterocycles. The summed E-state index contributed by atoms with van der Waals surface area (Å²) in [5, 5.41) is 3.57. The lowest BCUT2D eigenvalue weighted by Crippen LogP contribution is -2.69. The first-order valence-electron chi connectivity index (χ1n) is 13.4. The van der Waals surface area contributed by atoms with E-state index in [1.165, 1.54) is 13.1 Å². The molecular formula is C30H32F5N5+2.